The third-order valence-electron chi connectivity index (χ3n) is 16.6. The number of nitrogens with one attached hydrogen (secondary N) is 4. The van der Waals surface area contributed by atoms with Gasteiger partial charge in [0.1, 0.15) is 34.9 Å². The summed E-state index contributed by atoms with van der Waals surface area (Å²) in [4.78, 5) is 76.3. The zero-order valence-electron chi connectivity index (χ0n) is 40.2. The lowest BCUT2D eigenvalue weighted by molar-refractivity contribution is -0.138. The van der Waals surface area contributed by atoms with Crippen LogP contribution >= 0.6 is 0 Å². The summed E-state index contributed by atoms with van der Waals surface area (Å²) in [5.41, 5.74) is 4.47. The highest BCUT2D eigenvalue weighted by Gasteiger charge is 2.60. The van der Waals surface area contributed by atoms with Crippen LogP contribution in [0, 0.1) is 47.3 Å². The average Bonchev–Trinajstić information content (AvgIpc) is 4.23. The number of hydrogen-bond donors (Lipinski definition) is 4. The molecule has 2 aliphatic heterocycles. The Balaban J connectivity index is 0.707. The van der Waals surface area contributed by atoms with Crippen LogP contribution in [0.2, 0.25) is 0 Å². The Morgan fingerprint density at radius 3 is 1.22 bits per heavy atom. The number of nitrogens with zero attached hydrogens (tertiary/aromatic N) is 4. The molecule has 4 heterocycles. The number of H-pyrrole nitrogens is 2. The van der Waals surface area contributed by atoms with Crippen molar-refractivity contribution in [3.8, 4) is 33.6 Å². The number of aromatic nitrogens is 4. The highest BCUT2D eigenvalue weighted by atomic mass is 16.6. The van der Waals surface area contributed by atoms with E-state index in [1.165, 1.54) is 12.8 Å². The number of alkyl carbamates (subject to hydrolysis) is 2. The largest absolute Gasteiger partial charge is 0.444 e. The molecule has 4 N–H and O–H groups in total. The van der Waals surface area contributed by atoms with Crippen molar-refractivity contribution in [2.45, 2.75) is 153 Å². The van der Waals surface area contributed by atoms with Crippen molar-refractivity contribution in [3.63, 3.8) is 0 Å². The molecule has 2 aromatic heterocycles. The lowest BCUT2D eigenvalue weighted by atomic mass is 9.93. The minimum atomic E-state index is -0.650. The smallest absolute Gasteiger partial charge is 0.408 e. The summed E-state index contributed by atoms with van der Waals surface area (Å²) in [5.74, 6) is 5.43. The molecule has 2 unspecified atom stereocenters. The monoisotopic (exact) mass is 923 g/mol. The first-order chi connectivity index (χ1) is 32.5. The molecule has 6 saturated carbocycles. The van der Waals surface area contributed by atoms with E-state index in [9.17, 15) is 19.2 Å². The maximum Gasteiger partial charge on any atom is 0.408 e. The minimum Gasteiger partial charge on any atom is -0.444 e. The number of amides is 4. The Hall–Kier alpha value is -5.66. The summed E-state index contributed by atoms with van der Waals surface area (Å²) in [6.45, 7) is 11.1. The van der Waals surface area contributed by atoms with Crippen molar-refractivity contribution in [1.82, 2.24) is 40.4 Å². The van der Waals surface area contributed by atoms with Crippen molar-refractivity contribution in [3.05, 3.63) is 72.6 Å². The van der Waals surface area contributed by atoms with Gasteiger partial charge in [-0.25, -0.2) is 19.6 Å². The van der Waals surface area contributed by atoms with Crippen LogP contribution in [0.15, 0.2) is 60.9 Å². The second-order valence-electron chi connectivity index (χ2n) is 23.8. The summed E-state index contributed by atoms with van der Waals surface area (Å²) < 4.78 is 11.3. The van der Waals surface area contributed by atoms with Crippen molar-refractivity contribution >= 4 is 24.0 Å². The number of likely N-dealkylation sites (tertiary alicyclic amines) is 2. The van der Waals surface area contributed by atoms with Gasteiger partial charge in [-0.2, -0.15) is 0 Å². The van der Waals surface area contributed by atoms with Gasteiger partial charge in [0, 0.05) is 35.6 Å². The normalized spacial score (nSPS) is 32.3. The van der Waals surface area contributed by atoms with Crippen molar-refractivity contribution in [2.75, 3.05) is 0 Å². The van der Waals surface area contributed by atoms with Gasteiger partial charge in [0.25, 0.3) is 0 Å². The van der Waals surface area contributed by atoms with Crippen LogP contribution in [0.1, 0.15) is 129 Å². The van der Waals surface area contributed by atoms with Crippen LogP contribution < -0.4 is 10.6 Å². The predicted octanol–water partition coefficient (Wildman–Crippen LogP) is 9.34. The summed E-state index contributed by atoms with van der Waals surface area (Å²) in [5, 5.41) is 6.07. The number of fused-ring (bicyclic) bond motifs is 4. The fraction of sp³-hybridized carbons (Fsp3) is 0.593. The van der Waals surface area contributed by atoms with Crippen LogP contribution in [0.5, 0.6) is 0 Å². The van der Waals surface area contributed by atoms with Gasteiger partial charge in [0.05, 0.1) is 23.5 Å². The lowest BCUT2D eigenvalue weighted by Gasteiger charge is -2.34. The molecule has 0 spiro atoms. The van der Waals surface area contributed by atoms with Crippen LogP contribution in [0.4, 0.5) is 9.59 Å². The van der Waals surface area contributed by atoms with E-state index in [2.05, 4.69) is 69.1 Å². The number of imidazole rings is 2. The van der Waals surface area contributed by atoms with Crippen LogP contribution in [0.3, 0.4) is 0 Å². The third kappa shape index (κ3) is 8.47. The Kier molecular flexibility index (Phi) is 10.2. The molecule has 12 rings (SSSR count). The molecule has 14 nitrogen and oxygen atoms in total. The number of piperidine rings is 2. The van der Waals surface area contributed by atoms with Crippen molar-refractivity contribution < 1.29 is 28.7 Å². The number of hydrogen-bond acceptors (Lipinski definition) is 8. The molecule has 2 saturated heterocycles. The number of ether oxygens (including phenoxy) is 2. The molecule has 8 fully saturated rings. The predicted molar refractivity (Wildman–Crippen MR) is 254 cm³/mol. The second kappa shape index (κ2) is 15.9. The van der Waals surface area contributed by atoms with Gasteiger partial charge in [-0.05, 0) is 164 Å². The molecule has 0 radical (unpaired) electrons. The topological polar surface area (TPSA) is 175 Å². The third-order valence-corrected chi connectivity index (χ3v) is 16.6. The highest BCUT2D eigenvalue weighted by molar-refractivity contribution is 5.88. The molecule has 0 bridgehead atoms. The molecule has 14 heteroatoms. The molecular weight excluding hydrogens is 857 g/mol. The van der Waals surface area contributed by atoms with E-state index in [1.54, 1.807) is 0 Å². The van der Waals surface area contributed by atoms with Gasteiger partial charge < -0.3 is 39.9 Å². The average molecular weight is 923 g/mol. The molecule has 4 aromatic rings. The minimum absolute atomic E-state index is 0.00335. The number of benzene rings is 2. The maximum absolute atomic E-state index is 14.5. The van der Waals surface area contributed by atoms with Gasteiger partial charge in [0.2, 0.25) is 11.8 Å². The Labute approximate surface area is 398 Å². The molecular formula is C54H66N8O6. The molecule has 8 aliphatic rings. The van der Waals surface area contributed by atoms with Gasteiger partial charge in [-0.3, -0.25) is 9.59 Å². The van der Waals surface area contributed by atoms with E-state index in [0.29, 0.717) is 35.5 Å². The number of aromatic amines is 2. The van der Waals surface area contributed by atoms with Crippen LogP contribution in [-0.2, 0) is 19.1 Å². The van der Waals surface area contributed by atoms with E-state index in [4.69, 9.17) is 19.4 Å². The summed E-state index contributed by atoms with van der Waals surface area (Å²) in [6.07, 6.45) is 12.9. The molecule has 6 aliphatic carbocycles. The lowest BCUT2D eigenvalue weighted by Crippen LogP contribution is -2.53. The van der Waals surface area contributed by atoms with Gasteiger partial charge in [-0.15, -0.1) is 0 Å². The number of rotatable bonds is 11. The van der Waals surface area contributed by atoms with E-state index in [-0.39, 0.29) is 47.8 Å². The number of carbonyl (C=O) groups excluding carboxylic acids is 4. The molecule has 14 atom stereocenters. The Morgan fingerprint density at radius 1 is 0.515 bits per heavy atom. The van der Waals surface area contributed by atoms with Crippen molar-refractivity contribution in [2.24, 2.45) is 47.3 Å². The highest BCUT2D eigenvalue weighted by Crippen LogP contribution is 2.59. The van der Waals surface area contributed by atoms with E-state index >= 15 is 0 Å². The van der Waals surface area contributed by atoms with Crippen LogP contribution in [0.25, 0.3) is 33.6 Å². The fourth-order valence-corrected chi connectivity index (χ4v) is 13.0. The second-order valence-corrected chi connectivity index (χ2v) is 23.8. The van der Waals surface area contributed by atoms with Gasteiger partial charge in [-0.1, -0.05) is 48.5 Å². The SMILES string of the molecule is CC(C)(C)OC(=O)NC(C(=O)N1[C@@H]2C[C@@H]2C[C@H]1c1nc(-c2ccc(-c3ccc(-c4c[nH]c([C@@H]5C[C@H]6C[C@H]6N5C(=O)C(NC(=O)OC(C)(C)C)[C@H]5C[C@@H]6C[C@@H]6C5)n4)cc3)cc2)c[nH]1)[C@H]1C[C@@H]2C[C@@H]2C1. The van der Waals surface area contributed by atoms with E-state index in [1.807, 2.05) is 63.7 Å². The molecule has 4 amide bonds. The van der Waals surface area contributed by atoms with E-state index < -0.39 is 35.5 Å². The Bertz CT molecular complexity index is 2430. The Morgan fingerprint density at radius 2 is 0.868 bits per heavy atom. The quantitative estimate of drug-likeness (QED) is 0.115. The van der Waals surface area contributed by atoms with E-state index in [0.717, 1.165) is 96.7 Å². The molecule has 68 heavy (non-hydrogen) atoms. The molecule has 2 aromatic carbocycles. The first-order valence-corrected chi connectivity index (χ1v) is 25.5. The first kappa shape index (κ1) is 43.6. The van der Waals surface area contributed by atoms with Crippen molar-refractivity contribution in [1.29, 1.82) is 0 Å². The first-order valence-electron chi connectivity index (χ1n) is 25.5. The van der Waals surface area contributed by atoms with Crippen LogP contribution in [-0.4, -0.2) is 89.1 Å². The van der Waals surface area contributed by atoms with Gasteiger partial charge in [0.15, 0.2) is 0 Å². The maximum atomic E-state index is 14.5. The summed E-state index contributed by atoms with van der Waals surface area (Å²) in [6, 6.07) is 15.6. The fourth-order valence-electron chi connectivity index (χ4n) is 13.0. The standard InChI is InChI=1S/C54H66N8O6/c1-53(2,3)67-51(65)59-45(37-17-31-15-32(31)18-37)49(63)61-41-21-35(41)23-43(61)47-55-25-39(57-47)29-11-7-27(8-12-29)28-9-13-30(14-10-28)40-26-56-48(58-40)44-24-36-22-42(36)62(44)50(64)46(38-19-33-16-34(33)20-38)60-52(66)68-54(4,5)6/h7-14,25-26,31-38,41-46H,15-24H2,1-6H3,(H,55,57)(H,56,58)(H,59,65)(H,60,66)/t31-,32+,33-,34+,35-,36-,37-,38-,41-,42-,43+,44+,45?,46?/m1/s1. The number of carbonyl (C=O) groups is 4. The molecule has 358 valence electrons. The zero-order valence-corrected chi connectivity index (χ0v) is 40.2. The van der Waals surface area contributed by atoms with Gasteiger partial charge >= 0.3 is 12.2 Å². The summed E-state index contributed by atoms with van der Waals surface area (Å²) in [7, 11) is 0. The zero-order chi connectivity index (χ0) is 47.0. The summed E-state index contributed by atoms with van der Waals surface area (Å²) >= 11 is 0.